The van der Waals surface area contributed by atoms with Crippen molar-refractivity contribution in [2.45, 2.75) is 19.3 Å². The average molecular weight is 199 g/mol. The third kappa shape index (κ3) is 3.74. The SMILES string of the molecule is NC(=O)CCNC(=O)[C@H]1CCCNC1. The topological polar surface area (TPSA) is 84.2 Å². The Morgan fingerprint density at radius 2 is 2.29 bits per heavy atom. The van der Waals surface area contributed by atoms with Crippen molar-refractivity contribution >= 4 is 11.8 Å². The zero-order valence-corrected chi connectivity index (χ0v) is 8.21. The lowest BCUT2D eigenvalue weighted by molar-refractivity contribution is -0.125. The first-order valence-electron chi connectivity index (χ1n) is 4.97. The molecule has 0 spiro atoms. The second-order valence-corrected chi connectivity index (χ2v) is 3.55. The Morgan fingerprint density at radius 1 is 1.50 bits per heavy atom. The summed E-state index contributed by atoms with van der Waals surface area (Å²) in [4.78, 5) is 21.9. The van der Waals surface area contributed by atoms with Gasteiger partial charge in [-0.25, -0.2) is 0 Å². The fourth-order valence-corrected chi connectivity index (χ4v) is 1.53. The Labute approximate surface area is 83.4 Å². The van der Waals surface area contributed by atoms with Crippen molar-refractivity contribution in [1.82, 2.24) is 10.6 Å². The van der Waals surface area contributed by atoms with E-state index in [9.17, 15) is 9.59 Å². The maximum Gasteiger partial charge on any atom is 0.224 e. The highest BCUT2D eigenvalue weighted by Gasteiger charge is 2.20. The van der Waals surface area contributed by atoms with Gasteiger partial charge in [0.15, 0.2) is 0 Å². The second-order valence-electron chi connectivity index (χ2n) is 3.55. The monoisotopic (exact) mass is 199 g/mol. The highest BCUT2D eigenvalue weighted by molar-refractivity contribution is 5.80. The number of hydrogen-bond donors (Lipinski definition) is 3. The quantitative estimate of drug-likeness (QED) is 0.541. The van der Waals surface area contributed by atoms with Crippen LogP contribution in [0.15, 0.2) is 0 Å². The van der Waals surface area contributed by atoms with Crippen LogP contribution < -0.4 is 16.4 Å². The number of piperidine rings is 1. The minimum Gasteiger partial charge on any atom is -0.370 e. The smallest absolute Gasteiger partial charge is 0.224 e. The molecule has 0 saturated carbocycles. The highest BCUT2D eigenvalue weighted by atomic mass is 16.2. The van der Waals surface area contributed by atoms with Crippen molar-refractivity contribution in [3.8, 4) is 0 Å². The van der Waals surface area contributed by atoms with Crippen LogP contribution in [0.3, 0.4) is 0 Å². The van der Waals surface area contributed by atoms with E-state index in [0.29, 0.717) is 6.54 Å². The number of carbonyl (C=O) groups is 2. The average Bonchev–Trinajstić information content (AvgIpc) is 2.18. The molecular formula is C9H17N3O2. The van der Waals surface area contributed by atoms with Crippen LogP contribution in [0.25, 0.3) is 0 Å². The maximum absolute atomic E-state index is 11.5. The van der Waals surface area contributed by atoms with Crippen molar-refractivity contribution in [2.24, 2.45) is 11.7 Å². The van der Waals surface area contributed by atoms with Crippen LogP contribution in [0, 0.1) is 5.92 Å². The van der Waals surface area contributed by atoms with Crippen LogP contribution in [0.1, 0.15) is 19.3 Å². The highest BCUT2D eigenvalue weighted by Crippen LogP contribution is 2.09. The number of nitrogens with two attached hydrogens (primary N) is 1. The summed E-state index contributed by atoms with van der Waals surface area (Å²) in [7, 11) is 0. The first kappa shape index (κ1) is 11.0. The van der Waals surface area contributed by atoms with Gasteiger partial charge in [0.1, 0.15) is 0 Å². The van der Waals surface area contributed by atoms with Crippen LogP contribution in [-0.2, 0) is 9.59 Å². The summed E-state index contributed by atoms with van der Waals surface area (Å²) < 4.78 is 0. The van der Waals surface area contributed by atoms with Gasteiger partial charge in [0.05, 0.1) is 5.92 Å². The van der Waals surface area contributed by atoms with E-state index in [1.165, 1.54) is 0 Å². The number of nitrogens with one attached hydrogen (secondary N) is 2. The molecule has 5 heteroatoms. The molecule has 0 aromatic heterocycles. The summed E-state index contributed by atoms with van der Waals surface area (Å²) >= 11 is 0. The van der Waals surface area contributed by atoms with Gasteiger partial charge >= 0.3 is 0 Å². The van der Waals surface area contributed by atoms with Crippen LogP contribution >= 0.6 is 0 Å². The standard InChI is InChI=1S/C9H17N3O2/c10-8(13)3-5-12-9(14)7-2-1-4-11-6-7/h7,11H,1-6H2,(H2,10,13)(H,12,14)/t7-/m0/s1. The molecule has 1 aliphatic rings. The van der Waals surface area contributed by atoms with Crippen molar-refractivity contribution in [2.75, 3.05) is 19.6 Å². The number of carbonyl (C=O) groups excluding carboxylic acids is 2. The molecule has 14 heavy (non-hydrogen) atoms. The molecule has 0 bridgehead atoms. The van der Waals surface area contributed by atoms with Crippen molar-refractivity contribution in [3.63, 3.8) is 0 Å². The molecule has 0 aliphatic carbocycles. The van der Waals surface area contributed by atoms with Crippen LogP contribution in [0.2, 0.25) is 0 Å². The van der Waals surface area contributed by atoms with E-state index in [2.05, 4.69) is 10.6 Å². The molecule has 80 valence electrons. The van der Waals surface area contributed by atoms with Crippen LogP contribution in [0.4, 0.5) is 0 Å². The summed E-state index contributed by atoms with van der Waals surface area (Å²) in [6.07, 6.45) is 2.18. The largest absolute Gasteiger partial charge is 0.370 e. The molecule has 1 atom stereocenters. The molecule has 0 unspecified atom stereocenters. The zero-order chi connectivity index (χ0) is 10.4. The van der Waals surface area contributed by atoms with Crippen LogP contribution in [0.5, 0.6) is 0 Å². The lowest BCUT2D eigenvalue weighted by Gasteiger charge is -2.21. The van der Waals surface area contributed by atoms with Gasteiger partial charge in [-0.05, 0) is 19.4 Å². The Morgan fingerprint density at radius 3 is 2.86 bits per heavy atom. The van der Waals surface area contributed by atoms with E-state index in [0.717, 1.165) is 25.9 Å². The van der Waals surface area contributed by atoms with Crippen LogP contribution in [-0.4, -0.2) is 31.4 Å². The van der Waals surface area contributed by atoms with Gasteiger partial charge in [0, 0.05) is 19.5 Å². The van der Waals surface area contributed by atoms with E-state index in [4.69, 9.17) is 5.73 Å². The molecule has 1 fully saturated rings. The first-order chi connectivity index (χ1) is 6.70. The molecule has 0 aromatic carbocycles. The maximum atomic E-state index is 11.5. The minimum atomic E-state index is -0.382. The van der Waals surface area contributed by atoms with Gasteiger partial charge in [0.2, 0.25) is 11.8 Å². The first-order valence-corrected chi connectivity index (χ1v) is 4.97. The molecule has 1 heterocycles. The Bertz CT molecular complexity index is 212. The molecular weight excluding hydrogens is 182 g/mol. The minimum absolute atomic E-state index is 0.0263. The predicted octanol–water partition coefficient (Wildman–Crippen LogP) is -1.02. The molecule has 0 aromatic rings. The lowest BCUT2D eigenvalue weighted by atomic mass is 9.99. The van der Waals surface area contributed by atoms with Gasteiger partial charge in [-0.1, -0.05) is 0 Å². The third-order valence-electron chi connectivity index (χ3n) is 2.34. The van der Waals surface area contributed by atoms with Gasteiger partial charge < -0.3 is 16.4 Å². The summed E-state index contributed by atoms with van der Waals surface area (Å²) in [5.74, 6) is -0.304. The third-order valence-corrected chi connectivity index (χ3v) is 2.34. The molecule has 1 rings (SSSR count). The summed E-state index contributed by atoms with van der Waals surface area (Å²) in [5, 5.41) is 5.87. The lowest BCUT2D eigenvalue weighted by Crippen LogP contribution is -2.41. The number of rotatable bonds is 4. The van der Waals surface area contributed by atoms with E-state index in [1.54, 1.807) is 0 Å². The Kier molecular flexibility index (Phi) is 4.39. The second kappa shape index (κ2) is 5.59. The molecule has 2 amide bonds. The summed E-state index contributed by atoms with van der Waals surface area (Å²) in [5.41, 5.74) is 4.95. The number of hydrogen-bond acceptors (Lipinski definition) is 3. The molecule has 0 radical (unpaired) electrons. The van der Waals surface area contributed by atoms with Crippen molar-refractivity contribution < 1.29 is 9.59 Å². The summed E-state index contributed by atoms with van der Waals surface area (Å²) in [6, 6.07) is 0. The van der Waals surface area contributed by atoms with Gasteiger partial charge in [0.25, 0.3) is 0 Å². The fraction of sp³-hybridized carbons (Fsp3) is 0.778. The van der Waals surface area contributed by atoms with E-state index in [1.807, 2.05) is 0 Å². The Hall–Kier alpha value is -1.10. The molecule has 5 nitrogen and oxygen atoms in total. The molecule has 1 saturated heterocycles. The van der Waals surface area contributed by atoms with Crippen molar-refractivity contribution in [1.29, 1.82) is 0 Å². The van der Waals surface area contributed by atoms with E-state index >= 15 is 0 Å². The van der Waals surface area contributed by atoms with Crippen molar-refractivity contribution in [3.05, 3.63) is 0 Å². The van der Waals surface area contributed by atoms with Gasteiger partial charge in [-0.15, -0.1) is 0 Å². The number of amides is 2. The number of primary amides is 1. The van der Waals surface area contributed by atoms with E-state index < -0.39 is 0 Å². The molecule has 4 N–H and O–H groups in total. The molecule has 1 aliphatic heterocycles. The summed E-state index contributed by atoms with van der Waals surface area (Å²) in [6.45, 7) is 2.08. The van der Waals surface area contributed by atoms with E-state index in [-0.39, 0.29) is 24.2 Å². The normalized spacial score (nSPS) is 21.6. The predicted molar refractivity (Wildman–Crippen MR) is 52.4 cm³/mol. The Balaban J connectivity index is 2.16. The fourth-order valence-electron chi connectivity index (χ4n) is 1.53. The zero-order valence-electron chi connectivity index (χ0n) is 8.21. The van der Waals surface area contributed by atoms with Gasteiger partial charge in [-0.2, -0.15) is 0 Å². The van der Waals surface area contributed by atoms with Gasteiger partial charge in [-0.3, -0.25) is 9.59 Å².